The molecule has 1 aliphatic rings. The van der Waals surface area contributed by atoms with Gasteiger partial charge < -0.3 is 14.7 Å². The maximum absolute atomic E-state index is 13.2. The average molecular weight is 489 g/mol. The van der Waals surface area contributed by atoms with Crippen molar-refractivity contribution in [3.8, 4) is 0 Å². The molecule has 1 heterocycles. The Morgan fingerprint density at radius 1 is 1.09 bits per heavy atom. The lowest BCUT2D eigenvalue weighted by Crippen LogP contribution is -2.42. The monoisotopic (exact) mass is 488 g/mol. The summed E-state index contributed by atoms with van der Waals surface area (Å²) in [5.41, 5.74) is 3.90. The van der Waals surface area contributed by atoms with E-state index in [9.17, 15) is 23.1 Å². The van der Waals surface area contributed by atoms with Crippen LogP contribution in [0, 0.1) is 13.8 Å². The summed E-state index contributed by atoms with van der Waals surface area (Å²) in [6, 6.07) is 11.4. The Balaban J connectivity index is 1.64. The number of aryl methyl sites for hydroxylation is 3. The van der Waals surface area contributed by atoms with E-state index >= 15 is 0 Å². The second kappa shape index (κ2) is 10.7. The summed E-state index contributed by atoms with van der Waals surface area (Å²) in [7, 11) is -2.42. The number of nitrogens with zero attached hydrogens (tertiary/aromatic N) is 2. The van der Waals surface area contributed by atoms with Crippen molar-refractivity contribution in [2.45, 2.75) is 57.2 Å². The van der Waals surface area contributed by atoms with Crippen LogP contribution in [0.5, 0.6) is 0 Å². The third-order valence-electron chi connectivity index (χ3n) is 6.21. The number of aliphatic hydroxyl groups is 1. The number of aliphatic hydroxyl groups excluding tert-OH is 1. The standard InChI is InChI=1S/C25H32N2O6S/c1-5-19-7-9-20(10-8-19)14-26(4)24(29)16-33-25(30)23-13-21(28)15-27(23)34(31,32)22-11-6-17(2)18(3)12-22/h6-12,21,23,28H,5,13-16H2,1-4H3/t21?,23-/m0/s1. The van der Waals surface area contributed by atoms with Crippen molar-refractivity contribution >= 4 is 21.9 Å². The zero-order valence-corrected chi connectivity index (χ0v) is 20.8. The predicted octanol–water partition coefficient (Wildman–Crippen LogP) is 2.19. The fourth-order valence-corrected chi connectivity index (χ4v) is 5.57. The maximum atomic E-state index is 13.2. The first-order valence-electron chi connectivity index (χ1n) is 11.3. The quantitative estimate of drug-likeness (QED) is 0.572. The number of ether oxygens (including phenoxy) is 1. The van der Waals surface area contributed by atoms with Gasteiger partial charge in [-0.1, -0.05) is 37.3 Å². The number of hydrogen-bond acceptors (Lipinski definition) is 6. The van der Waals surface area contributed by atoms with Gasteiger partial charge in [0.15, 0.2) is 6.61 Å². The van der Waals surface area contributed by atoms with E-state index in [4.69, 9.17) is 4.74 Å². The SMILES string of the molecule is CCc1ccc(CN(C)C(=O)COC(=O)[C@@H]2CC(O)CN2S(=O)(=O)c2ccc(C)c(C)c2)cc1. The van der Waals surface area contributed by atoms with Crippen LogP contribution in [0.4, 0.5) is 0 Å². The van der Waals surface area contributed by atoms with Gasteiger partial charge in [0.2, 0.25) is 10.0 Å². The van der Waals surface area contributed by atoms with Gasteiger partial charge in [-0.2, -0.15) is 4.31 Å². The Morgan fingerprint density at radius 2 is 1.74 bits per heavy atom. The molecule has 184 valence electrons. The number of likely N-dealkylation sites (N-methyl/N-ethyl adjacent to an activating group) is 1. The average Bonchev–Trinajstić information content (AvgIpc) is 3.22. The molecule has 1 N–H and O–H groups in total. The van der Waals surface area contributed by atoms with Crippen molar-refractivity contribution in [3.05, 3.63) is 64.7 Å². The molecule has 1 fully saturated rings. The lowest BCUT2D eigenvalue weighted by Gasteiger charge is -2.23. The molecular weight excluding hydrogens is 456 g/mol. The first kappa shape index (κ1) is 25.9. The van der Waals surface area contributed by atoms with Crippen LogP contribution < -0.4 is 0 Å². The molecule has 1 saturated heterocycles. The first-order chi connectivity index (χ1) is 16.0. The van der Waals surface area contributed by atoms with Crippen LogP contribution in [-0.2, 0) is 37.3 Å². The van der Waals surface area contributed by atoms with Crippen LogP contribution in [0.1, 0.15) is 35.6 Å². The lowest BCUT2D eigenvalue weighted by atomic mass is 10.1. The van der Waals surface area contributed by atoms with Gasteiger partial charge >= 0.3 is 5.97 Å². The molecule has 2 atom stereocenters. The Labute approximate surface area is 201 Å². The number of rotatable bonds is 8. The predicted molar refractivity (Wildman–Crippen MR) is 127 cm³/mol. The van der Waals surface area contributed by atoms with Gasteiger partial charge in [0.1, 0.15) is 6.04 Å². The molecule has 34 heavy (non-hydrogen) atoms. The van der Waals surface area contributed by atoms with Crippen LogP contribution >= 0.6 is 0 Å². The Morgan fingerprint density at radius 3 is 2.35 bits per heavy atom. The minimum absolute atomic E-state index is 0.0485. The summed E-state index contributed by atoms with van der Waals surface area (Å²) in [6.07, 6.45) is -0.156. The van der Waals surface area contributed by atoms with E-state index in [0.717, 1.165) is 27.4 Å². The number of β-amino-alcohol motifs (C(OH)–C–C–N with tert-alkyl or cyclic N) is 1. The fourth-order valence-electron chi connectivity index (χ4n) is 3.86. The van der Waals surface area contributed by atoms with Crippen molar-refractivity contribution in [1.82, 2.24) is 9.21 Å². The van der Waals surface area contributed by atoms with Crippen LogP contribution in [-0.4, -0.2) is 67.0 Å². The fraction of sp³-hybridized carbons (Fsp3) is 0.440. The summed E-state index contributed by atoms with van der Waals surface area (Å²) >= 11 is 0. The van der Waals surface area contributed by atoms with Crippen molar-refractivity contribution in [2.24, 2.45) is 0 Å². The molecular formula is C25H32N2O6S. The molecule has 3 rings (SSSR count). The Kier molecular flexibility index (Phi) is 8.12. The minimum atomic E-state index is -4.03. The molecule has 0 aliphatic carbocycles. The van der Waals surface area contributed by atoms with E-state index in [0.29, 0.717) is 6.54 Å². The van der Waals surface area contributed by atoms with E-state index in [1.54, 1.807) is 26.1 Å². The van der Waals surface area contributed by atoms with Crippen molar-refractivity contribution in [3.63, 3.8) is 0 Å². The van der Waals surface area contributed by atoms with Crippen LogP contribution in [0.2, 0.25) is 0 Å². The van der Waals surface area contributed by atoms with E-state index < -0.39 is 40.7 Å². The second-order valence-corrected chi connectivity index (χ2v) is 10.6. The first-order valence-corrected chi connectivity index (χ1v) is 12.7. The Hall–Kier alpha value is -2.75. The molecule has 2 aromatic carbocycles. The number of carbonyl (C=O) groups excluding carboxylic acids is 2. The number of sulfonamides is 1. The molecule has 0 spiro atoms. The second-order valence-electron chi connectivity index (χ2n) is 8.75. The van der Waals surface area contributed by atoms with Crippen molar-refractivity contribution in [2.75, 3.05) is 20.2 Å². The van der Waals surface area contributed by atoms with Gasteiger partial charge in [0.25, 0.3) is 5.91 Å². The van der Waals surface area contributed by atoms with Gasteiger partial charge in [-0.25, -0.2) is 8.42 Å². The molecule has 1 unspecified atom stereocenters. The van der Waals surface area contributed by atoms with Gasteiger partial charge in [0.05, 0.1) is 11.0 Å². The van der Waals surface area contributed by atoms with Gasteiger partial charge in [0, 0.05) is 26.6 Å². The molecule has 1 aliphatic heterocycles. The van der Waals surface area contributed by atoms with Gasteiger partial charge in [-0.3, -0.25) is 9.59 Å². The van der Waals surface area contributed by atoms with E-state index in [-0.39, 0.29) is 17.9 Å². The minimum Gasteiger partial charge on any atom is -0.454 e. The molecule has 8 nitrogen and oxygen atoms in total. The highest BCUT2D eigenvalue weighted by molar-refractivity contribution is 7.89. The highest BCUT2D eigenvalue weighted by atomic mass is 32.2. The van der Waals surface area contributed by atoms with E-state index in [1.165, 1.54) is 16.5 Å². The third kappa shape index (κ3) is 5.84. The molecule has 0 aromatic heterocycles. The highest BCUT2D eigenvalue weighted by Crippen LogP contribution is 2.28. The molecule has 0 bridgehead atoms. The molecule has 0 saturated carbocycles. The number of benzene rings is 2. The van der Waals surface area contributed by atoms with Crippen LogP contribution in [0.15, 0.2) is 47.4 Å². The number of hydrogen-bond donors (Lipinski definition) is 1. The number of amides is 1. The van der Waals surface area contributed by atoms with Gasteiger partial charge in [-0.15, -0.1) is 0 Å². The summed E-state index contributed by atoms with van der Waals surface area (Å²) in [4.78, 5) is 26.7. The topological polar surface area (TPSA) is 104 Å². The van der Waals surface area contributed by atoms with Crippen LogP contribution in [0.25, 0.3) is 0 Å². The normalized spacial score (nSPS) is 18.6. The molecule has 9 heteroatoms. The number of esters is 1. The zero-order chi connectivity index (χ0) is 25.0. The summed E-state index contributed by atoms with van der Waals surface area (Å²) in [5, 5.41) is 10.1. The highest BCUT2D eigenvalue weighted by Gasteiger charge is 2.44. The molecule has 0 radical (unpaired) electrons. The van der Waals surface area contributed by atoms with E-state index in [2.05, 4.69) is 6.92 Å². The van der Waals surface area contributed by atoms with Crippen molar-refractivity contribution in [1.29, 1.82) is 0 Å². The summed E-state index contributed by atoms with van der Waals surface area (Å²) in [5.74, 6) is -1.26. The summed E-state index contributed by atoms with van der Waals surface area (Å²) < 4.78 is 32.5. The van der Waals surface area contributed by atoms with Crippen molar-refractivity contribution < 1.29 is 27.9 Å². The maximum Gasteiger partial charge on any atom is 0.325 e. The molecule has 1 amide bonds. The lowest BCUT2D eigenvalue weighted by molar-refractivity contribution is -0.154. The number of carbonyl (C=O) groups is 2. The third-order valence-corrected chi connectivity index (χ3v) is 8.08. The summed E-state index contributed by atoms with van der Waals surface area (Å²) in [6.45, 7) is 5.38. The zero-order valence-electron chi connectivity index (χ0n) is 20.0. The largest absolute Gasteiger partial charge is 0.454 e. The van der Waals surface area contributed by atoms with Gasteiger partial charge in [-0.05, 0) is 54.7 Å². The van der Waals surface area contributed by atoms with E-state index in [1.807, 2.05) is 31.2 Å². The Bertz CT molecular complexity index is 1150. The van der Waals surface area contributed by atoms with Crippen LogP contribution in [0.3, 0.4) is 0 Å². The smallest absolute Gasteiger partial charge is 0.325 e. The molecule has 2 aromatic rings.